The quantitative estimate of drug-likeness (QED) is 0.741. The van der Waals surface area contributed by atoms with Crippen LogP contribution < -0.4 is 0 Å². The van der Waals surface area contributed by atoms with Crippen molar-refractivity contribution in [2.24, 2.45) is 0 Å². The third kappa shape index (κ3) is 5.01. The van der Waals surface area contributed by atoms with Gasteiger partial charge in [0.15, 0.2) is 0 Å². The van der Waals surface area contributed by atoms with E-state index in [1.54, 1.807) is 0 Å². The summed E-state index contributed by atoms with van der Waals surface area (Å²) in [4.78, 5) is 16.8. The van der Waals surface area contributed by atoms with Crippen LogP contribution in [-0.2, 0) is 4.74 Å². The Labute approximate surface area is 161 Å². The summed E-state index contributed by atoms with van der Waals surface area (Å²) >= 11 is 6.07. The van der Waals surface area contributed by atoms with Crippen LogP contribution in [0.5, 0.6) is 0 Å². The summed E-state index contributed by atoms with van der Waals surface area (Å²) in [5.41, 5.74) is 0.690. The number of carbonyl (C=O) groups is 1. The molecule has 1 aromatic rings. The van der Waals surface area contributed by atoms with Crippen LogP contribution >= 0.6 is 11.6 Å². The molecule has 0 radical (unpaired) electrons. The number of carbonyl (C=O) groups excluding carboxylic acids is 1. The van der Waals surface area contributed by atoms with Crippen LogP contribution in [0.1, 0.15) is 45.6 Å². The number of piperazine rings is 1. The first-order chi connectivity index (χ1) is 12.3. The largest absolute Gasteiger partial charge is 0.444 e. The second-order valence-corrected chi connectivity index (χ2v) is 8.67. The number of halogens is 1. The van der Waals surface area contributed by atoms with Gasteiger partial charge in [-0.2, -0.15) is 0 Å². The van der Waals surface area contributed by atoms with Crippen LogP contribution in [0, 0.1) is 0 Å². The Kier molecular flexibility index (Phi) is 5.93. The van der Waals surface area contributed by atoms with E-state index in [0.717, 1.165) is 36.6 Å². The molecule has 0 N–H and O–H groups in total. The zero-order valence-electron chi connectivity index (χ0n) is 16.0. The van der Waals surface area contributed by atoms with Gasteiger partial charge in [-0.05, 0) is 57.7 Å². The highest BCUT2D eigenvalue weighted by Gasteiger charge is 2.36. The molecule has 1 aromatic carbocycles. The fourth-order valence-corrected chi connectivity index (χ4v) is 4.02. The maximum atomic E-state index is 12.4. The number of amides is 1. The molecule has 5 heteroatoms. The topological polar surface area (TPSA) is 32.8 Å². The molecule has 26 heavy (non-hydrogen) atoms. The normalized spacial score (nSPS) is 24.5. The van der Waals surface area contributed by atoms with Crippen molar-refractivity contribution in [2.75, 3.05) is 19.6 Å². The first-order valence-electron chi connectivity index (χ1n) is 9.49. The summed E-state index contributed by atoms with van der Waals surface area (Å²) in [6.07, 6.45) is 7.77. The number of rotatable bonds is 2. The second-order valence-electron chi connectivity index (χ2n) is 8.23. The molecule has 2 fully saturated rings. The van der Waals surface area contributed by atoms with Gasteiger partial charge >= 0.3 is 6.09 Å². The van der Waals surface area contributed by atoms with Gasteiger partial charge in [-0.25, -0.2) is 4.79 Å². The van der Waals surface area contributed by atoms with Crippen LogP contribution in [0.2, 0.25) is 5.02 Å². The number of benzene rings is 1. The third-order valence-corrected chi connectivity index (χ3v) is 5.24. The lowest BCUT2D eigenvalue weighted by molar-refractivity contribution is -0.0101. The van der Waals surface area contributed by atoms with Crippen LogP contribution in [0.3, 0.4) is 0 Å². The molecule has 142 valence electrons. The molecule has 1 amide bonds. The van der Waals surface area contributed by atoms with E-state index < -0.39 is 5.60 Å². The number of hydrogen-bond donors (Lipinski definition) is 0. The van der Waals surface area contributed by atoms with Gasteiger partial charge in [0, 0.05) is 36.7 Å². The molecule has 0 bridgehead atoms. The number of ether oxygens (including phenoxy) is 1. The van der Waals surface area contributed by atoms with E-state index >= 15 is 0 Å². The van der Waals surface area contributed by atoms with E-state index in [9.17, 15) is 4.79 Å². The molecule has 0 unspecified atom stereocenters. The van der Waals surface area contributed by atoms with Crippen LogP contribution in [0.4, 0.5) is 4.79 Å². The van der Waals surface area contributed by atoms with Crippen LogP contribution in [0.25, 0.3) is 6.08 Å². The fraction of sp³-hybridized carbons (Fsp3) is 0.571. The number of fused-ring (bicyclic) bond motifs is 1. The average Bonchev–Trinajstić information content (AvgIpc) is 2.58. The van der Waals surface area contributed by atoms with Crippen molar-refractivity contribution in [1.82, 2.24) is 9.80 Å². The van der Waals surface area contributed by atoms with E-state index in [1.165, 1.54) is 12.8 Å². The predicted octanol–water partition coefficient (Wildman–Crippen LogP) is 4.83. The van der Waals surface area contributed by atoms with Crippen molar-refractivity contribution >= 4 is 23.8 Å². The Balaban J connectivity index is 1.62. The summed E-state index contributed by atoms with van der Waals surface area (Å²) in [6.45, 7) is 8.13. The molecule has 0 aliphatic carbocycles. The smallest absolute Gasteiger partial charge is 0.410 e. The molecule has 2 heterocycles. The molecular formula is C21H29ClN2O2. The Hall–Kier alpha value is -1.52. The molecule has 2 saturated heterocycles. The van der Waals surface area contributed by atoms with Gasteiger partial charge in [-0.1, -0.05) is 35.9 Å². The summed E-state index contributed by atoms with van der Waals surface area (Å²) in [5.74, 6) is 0. The fourth-order valence-electron chi connectivity index (χ4n) is 3.82. The Morgan fingerprint density at radius 2 is 2.08 bits per heavy atom. The monoisotopic (exact) mass is 376 g/mol. The predicted molar refractivity (Wildman–Crippen MR) is 106 cm³/mol. The van der Waals surface area contributed by atoms with Crippen molar-refractivity contribution in [2.45, 2.75) is 57.7 Å². The zero-order chi connectivity index (χ0) is 18.7. The first-order valence-corrected chi connectivity index (χ1v) is 9.87. The Morgan fingerprint density at radius 3 is 2.81 bits per heavy atom. The van der Waals surface area contributed by atoms with Gasteiger partial charge in [0.2, 0.25) is 0 Å². The highest BCUT2D eigenvalue weighted by molar-refractivity contribution is 6.30. The molecule has 0 spiro atoms. The highest BCUT2D eigenvalue weighted by Crippen LogP contribution is 2.28. The molecule has 3 rings (SSSR count). The highest BCUT2D eigenvalue weighted by atomic mass is 35.5. The van der Waals surface area contributed by atoms with E-state index in [1.807, 2.05) is 43.9 Å². The molecule has 2 aliphatic rings. The average molecular weight is 377 g/mol. The minimum Gasteiger partial charge on any atom is -0.444 e. The van der Waals surface area contributed by atoms with Crippen molar-refractivity contribution in [3.63, 3.8) is 0 Å². The third-order valence-electron chi connectivity index (χ3n) is 5.00. The summed E-state index contributed by atoms with van der Waals surface area (Å²) in [6, 6.07) is 8.77. The van der Waals surface area contributed by atoms with Crippen molar-refractivity contribution in [1.29, 1.82) is 0 Å². The summed E-state index contributed by atoms with van der Waals surface area (Å²) in [5, 5.41) is 0.764. The molecule has 2 aliphatic heterocycles. The van der Waals surface area contributed by atoms with E-state index in [2.05, 4.69) is 23.1 Å². The summed E-state index contributed by atoms with van der Waals surface area (Å²) < 4.78 is 5.54. The minimum atomic E-state index is -0.441. The van der Waals surface area contributed by atoms with Gasteiger partial charge in [0.05, 0.1) is 0 Å². The Bertz CT molecular complexity index is 668. The molecule has 4 nitrogen and oxygen atoms in total. The number of hydrogen-bond acceptors (Lipinski definition) is 3. The minimum absolute atomic E-state index is 0.186. The van der Waals surface area contributed by atoms with E-state index in [0.29, 0.717) is 12.1 Å². The van der Waals surface area contributed by atoms with Gasteiger partial charge < -0.3 is 9.64 Å². The van der Waals surface area contributed by atoms with Crippen molar-refractivity contribution in [3.05, 3.63) is 40.9 Å². The van der Waals surface area contributed by atoms with E-state index in [4.69, 9.17) is 16.3 Å². The molecule has 0 saturated carbocycles. The maximum absolute atomic E-state index is 12.4. The number of piperidine rings is 1. The van der Waals surface area contributed by atoms with Crippen LogP contribution in [-0.4, -0.2) is 53.2 Å². The van der Waals surface area contributed by atoms with Gasteiger partial charge in [-0.3, -0.25) is 4.90 Å². The van der Waals surface area contributed by atoms with Crippen molar-refractivity contribution in [3.8, 4) is 0 Å². The lowest BCUT2D eigenvalue weighted by Gasteiger charge is -2.47. The van der Waals surface area contributed by atoms with Gasteiger partial charge in [0.1, 0.15) is 5.60 Å². The van der Waals surface area contributed by atoms with Crippen LogP contribution in [0.15, 0.2) is 30.3 Å². The SMILES string of the molecule is CC(C)(C)OC(=O)N1CCN2[C@@H](CCC[C@@H]2C=Cc2cccc(Cl)c2)C1. The van der Waals surface area contributed by atoms with Crippen molar-refractivity contribution < 1.29 is 9.53 Å². The molecule has 2 atom stereocenters. The van der Waals surface area contributed by atoms with Gasteiger partial charge in [0.25, 0.3) is 0 Å². The zero-order valence-corrected chi connectivity index (χ0v) is 16.7. The van der Waals surface area contributed by atoms with E-state index in [-0.39, 0.29) is 6.09 Å². The lowest BCUT2D eigenvalue weighted by atomic mass is 9.93. The van der Waals surface area contributed by atoms with Gasteiger partial charge in [-0.15, -0.1) is 0 Å². The Morgan fingerprint density at radius 1 is 1.27 bits per heavy atom. The number of nitrogens with zero attached hydrogens (tertiary/aromatic N) is 2. The second kappa shape index (κ2) is 8.01. The lowest BCUT2D eigenvalue weighted by Crippen LogP contribution is -2.59. The molecular weight excluding hydrogens is 348 g/mol. The standard InChI is InChI=1S/C21H29ClN2O2/c1-21(2,3)26-20(25)23-12-13-24-18(8-5-9-19(24)15-23)11-10-16-6-4-7-17(22)14-16/h4,6-7,10-11,14,18-19H,5,8-9,12-13,15H2,1-3H3/t18-,19+/m1/s1. The molecule has 0 aromatic heterocycles. The maximum Gasteiger partial charge on any atom is 0.410 e. The first kappa shape index (κ1) is 19.2. The summed E-state index contributed by atoms with van der Waals surface area (Å²) in [7, 11) is 0.